The van der Waals surface area contributed by atoms with Crippen LogP contribution in [0.4, 0.5) is 5.69 Å². The molecule has 1 aromatic carbocycles. The molecule has 2 heterocycles. The van der Waals surface area contributed by atoms with Crippen LogP contribution in [0.3, 0.4) is 0 Å². The van der Waals surface area contributed by atoms with Crippen molar-refractivity contribution in [1.82, 2.24) is 0 Å². The number of carboxylic acid groups (broad SMARTS) is 1. The second-order valence-corrected chi connectivity index (χ2v) is 5.61. The van der Waals surface area contributed by atoms with Crippen molar-refractivity contribution in [3.05, 3.63) is 42.0 Å². The van der Waals surface area contributed by atoms with Crippen LogP contribution in [-0.4, -0.2) is 36.7 Å². The average Bonchev–Trinajstić information content (AvgIpc) is 3.16. The summed E-state index contributed by atoms with van der Waals surface area (Å²) in [7, 11) is 0. The number of carboxylic acids is 1. The Morgan fingerprint density at radius 3 is 2.33 bits per heavy atom. The van der Waals surface area contributed by atoms with Gasteiger partial charge in [-0.05, 0) is 31.2 Å². The van der Waals surface area contributed by atoms with E-state index in [1.807, 2.05) is 0 Å². The van der Waals surface area contributed by atoms with Gasteiger partial charge in [0.15, 0.2) is 0 Å². The van der Waals surface area contributed by atoms with Crippen molar-refractivity contribution < 1.29 is 29.0 Å². The van der Waals surface area contributed by atoms with Gasteiger partial charge in [-0.15, -0.1) is 0 Å². The molecular weight excluding hydrogens is 314 g/mol. The summed E-state index contributed by atoms with van der Waals surface area (Å²) in [5.74, 6) is -4.04. The van der Waals surface area contributed by atoms with Gasteiger partial charge < -0.3 is 24.7 Å². The molecule has 0 aromatic heterocycles. The highest BCUT2D eigenvalue weighted by Crippen LogP contribution is 2.39. The molecule has 126 valence electrons. The van der Waals surface area contributed by atoms with Crippen molar-refractivity contribution in [2.75, 3.05) is 11.9 Å². The van der Waals surface area contributed by atoms with Gasteiger partial charge in [0.2, 0.25) is 5.91 Å². The third kappa shape index (κ3) is 2.90. The van der Waals surface area contributed by atoms with Crippen LogP contribution in [0, 0.1) is 11.8 Å². The summed E-state index contributed by atoms with van der Waals surface area (Å²) in [6, 6.07) is 6.17. The van der Waals surface area contributed by atoms with E-state index in [1.54, 1.807) is 31.2 Å². The Labute approximate surface area is 138 Å². The van der Waals surface area contributed by atoms with E-state index in [1.165, 1.54) is 12.1 Å². The zero-order valence-corrected chi connectivity index (χ0v) is 12.9. The minimum absolute atomic E-state index is 0.277. The molecule has 4 atom stereocenters. The number of hydrogen-bond donors (Lipinski definition) is 1. The fourth-order valence-electron chi connectivity index (χ4n) is 3.03. The largest absolute Gasteiger partial charge is 0.550 e. The molecular formula is C17H16NO6-. The molecule has 2 bridgehead atoms. The molecule has 0 aliphatic carbocycles. The molecule has 1 saturated heterocycles. The number of rotatable bonds is 5. The number of hydrogen-bond acceptors (Lipinski definition) is 6. The van der Waals surface area contributed by atoms with Crippen LogP contribution in [0.5, 0.6) is 0 Å². The van der Waals surface area contributed by atoms with E-state index >= 15 is 0 Å². The predicted octanol–water partition coefficient (Wildman–Crippen LogP) is 0.121. The molecule has 1 aromatic rings. The summed E-state index contributed by atoms with van der Waals surface area (Å²) in [6.07, 6.45) is 2.15. The number of ether oxygens (including phenoxy) is 2. The van der Waals surface area contributed by atoms with Crippen LogP contribution in [0.2, 0.25) is 0 Å². The first-order chi connectivity index (χ1) is 11.5. The molecule has 24 heavy (non-hydrogen) atoms. The molecule has 1 N–H and O–H groups in total. The van der Waals surface area contributed by atoms with E-state index < -0.39 is 41.9 Å². The number of aliphatic carboxylic acids is 1. The number of fused-ring (bicyclic) bond motifs is 2. The smallest absolute Gasteiger partial charge is 0.338 e. The maximum Gasteiger partial charge on any atom is 0.338 e. The van der Waals surface area contributed by atoms with E-state index in [-0.39, 0.29) is 6.61 Å². The molecule has 2 aliphatic heterocycles. The maximum absolute atomic E-state index is 12.4. The number of benzene rings is 1. The molecule has 0 radical (unpaired) electrons. The van der Waals surface area contributed by atoms with Crippen molar-refractivity contribution in [2.24, 2.45) is 11.8 Å². The zero-order valence-electron chi connectivity index (χ0n) is 12.9. The number of carbonyl (C=O) groups is 3. The molecule has 2 aliphatic rings. The van der Waals surface area contributed by atoms with Gasteiger partial charge in [0.25, 0.3) is 0 Å². The van der Waals surface area contributed by atoms with Crippen LogP contribution < -0.4 is 10.4 Å². The van der Waals surface area contributed by atoms with Crippen molar-refractivity contribution in [1.29, 1.82) is 0 Å². The molecule has 0 unspecified atom stereocenters. The number of esters is 1. The van der Waals surface area contributed by atoms with Gasteiger partial charge in [-0.25, -0.2) is 4.79 Å². The third-order valence-corrected chi connectivity index (χ3v) is 4.14. The Morgan fingerprint density at radius 1 is 1.12 bits per heavy atom. The second-order valence-electron chi connectivity index (χ2n) is 5.61. The number of amides is 1. The lowest BCUT2D eigenvalue weighted by molar-refractivity contribution is -0.313. The van der Waals surface area contributed by atoms with Gasteiger partial charge in [-0.1, -0.05) is 12.2 Å². The Bertz CT molecular complexity index is 696. The summed E-state index contributed by atoms with van der Waals surface area (Å²) in [5.41, 5.74) is 0.825. The quantitative estimate of drug-likeness (QED) is 0.607. The van der Waals surface area contributed by atoms with Gasteiger partial charge >= 0.3 is 5.97 Å². The first-order valence-electron chi connectivity index (χ1n) is 7.64. The number of nitrogens with one attached hydrogen (secondary N) is 1. The van der Waals surface area contributed by atoms with Gasteiger partial charge in [-0.2, -0.15) is 0 Å². The standard InChI is InChI=1S/C17H17NO6/c1-2-23-17(22)9-3-5-10(6-4-9)18-15(19)13-11-7-8-12(24-11)14(13)16(20)21/h3-8,11-14H,2H2,1H3,(H,18,19)(H,20,21)/p-1/t11-,12+,13-,14+/m1/s1. The zero-order chi connectivity index (χ0) is 17.3. The minimum atomic E-state index is -1.30. The fourth-order valence-corrected chi connectivity index (χ4v) is 3.03. The molecule has 7 nitrogen and oxygen atoms in total. The lowest BCUT2D eigenvalue weighted by atomic mass is 9.82. The lowest BCUT2D eigenvalue weighted by Crippen LogP contribution is -2.45. The highest BCUT2D eigenvalue weighted by molar-refractivity contribution is 5.97. The van der Waals surface area contributed by atoms with Gasteiger partial charge in [0.1, 0.15) is 0 Å². The van der Waals surface area contributed by atoms with Crippen LogP contribution >= 0.6 is 0 Å². The maximum atomic E-state index is 12.4. The topological polar surface area (TPSA) is 105 Å². The Balaban J connectivity index is 1.70. The van der Waals surface area contributed by atoms with E-state index in [0.29, 0.717) is 11.3 Å². The van der Waals surface area contributed by atoms with Crippen molar-refractivity contribution >= 4 is 23.5 Å². The monoisotopic (exact) mass is 330 g/mol. The van der Waals surface area contributed by atoms with Crippen LogP contribution in [0.25, 0.3) is 0 Å². The van der Waals surface area contributed by atoms with Crippen molar-refractivity contribution in [3.8, 4) is 0 Å². The first kappa shape index (κ1) is 16.2. The fraction of sp³-hybridized carbons (Fsp3) is 0.353. The summed E-state index contributed by atoms with van der Waals surface area (Å²) in [6.45, 7) is 1.99. The van der Waals surface area contributed by atoms with Crippen LogP contribution in [0.1, 0.15) is 17.3 Å². The molecule has 1 amide bonds. The van der Waals surface area contributed by atoms with Crippen molar-refractivity contribution in [2.45, 2.75) is 19.1 Å². The van der Waals surface area contributed by atoms with E-state index in [4.69, 9.17) is 9.47 Å². The van der Waals surface area contributed by atoms with E-state index in [2.05, 4.69) is 5.32 Å². The lowest BCUT2D eigenvalue weighted by Gasteiger charge is -2.24. The SMILES string of the molecule is CCOC(=O)c1ccc(NC(=O)[C@H]2[C@@H](C(=O)[O-])[C@@H]3C=C[C@H]2O3)cc1. The molecule has 3 rings (SSSR count). The Morgan fingerprint density at radius 2 is 1.75 bits per heavy atom. The van der Waals surface area contributed by atoms with Crippen molar-refractivity contribution in [3.63, 3.8) is 0 Å². The third-order valence-electron chi connectivity index (χ3n) is 4.14. The van der Waals surface area contributed by atoms with Crippen LogP contribution in [0.15, 0.2) is 36.4 Å². The molecule has 7 heteroatoms. The van der Waals surface area contributed by atoms with Gasteiger partial charge in [0, 0.05) is 17.6 Å². The van der Waals surface area contributed by atoms with Gasteiger partial charge in [0.05, 0.1) is 30.3 Å². The highest BCUT2D eigenvalue weighted by atomic mass is 16.5. The Hall–Kier alpha value is -2.67. The minimum Gasteiger partial charge on any atom is -0.550 e. The first-order valence-corrected chi connectivity index (χ1v) is 7.64. The molecule has 0 spiro atoms. The van der Waals surface area contributed by atoms with Crippen LogP contribution in [-0.2, 0) is 19.1 Å². The predicted molar refractivity (Wildman–Crippen MR) is 80.8 cm³/mol. The highest BCUT2D eigenvalue weighted by Gasteiger charge is 2.50. The normalized spacial score (nSPS) is 27.0. The van der Waals surface area contributed by atoms with E-state index in [0.717, 1.165) is 0 Å². The van der Waals surface area contributed by atoms with Gasteiger partial charge in [-0.3, -0.25) is 4.79 Å². The average molecular weight is 330 g/mol. The summed E-state index contributed by atoms with van der Waals surface area (Å²) in [4.78, 5) is 35.3. The summed E-state index contributed by atoms with van der Waals surface area (Å²) >= 11 is 0. The number of anilines is 1. The number of carbonyl (C=O) groups excluding carboxylic acids is 3. The second kappa shape index (κ2) is 6.45. The summed E-state index contributed by atoms with van der Waals surface area (Å²) < 4.78 is 10.3. The Kier molecular flexibility index (Phi) is 4.35. The molecule has 0 saturated carbocycles. The van der Waals surface area contributed by atoms with E-state index in [9.17, 15) is 19.5 Å². The molecule has 1 fully saturated rings. The summed E-state index contributed by atoms with van der Waals surface area (Å²) in [5, 5.41) is 13.9.